The molecule has 0 aromatic heterocycles. The number of aliphatic imine (C=N–C) groups is 1. The molecule has 1 aromatic rings. The lowest BCUT2D eigenvalue weighted by Gasteiger charge is -2.32. The van der Waals surface area contributed by atoms with Gasteiger partial charge in [-0.15, -0.1) is 0 Å². The van der Waals surface area contributed by atoms with Gasteiger partial charge >= 0.3 is 6.09 Å². The average Bonchev–Trinajstić information content (AvgIpc) is 3.42. The third-order valence-corrected chi connectivity index (χ3v) is 4.93. The number of amides is 1. The van der Waals surface area contributed by atoms with Crippen molar-refractivity contribution in [2.24, 2.45) is 4.99 Å². The van der Waals surface area contributed by atoms with E-state index in [1.807, 2.05) is 14.0 Å². The Hall–Kier alpha value is -2.24. The minimum Gasteiger partial charge on any atom is -0.450 e. The van der Waals surface area contributed by atoms with Crippen LogP contribution in [-0.2, 0) is 4.74 Å². The molecule has 2 unspecified atom stereocenters. The molecule has 1 heterocycles. The summed E-state index contributed by atoms with van der Waals surface area (Å²) < 4.78 is 5.06. The first kappa shape index (κ1) is 17.6. The van der Waals surface area contributed by atoms with Crippen LogP contribution in [0.5, 0.6) is 0 Å². The number of hydrogen-bond acceptors (Lipinski definition) is 3. The first-order valence-corrected chi connectivity index (χ1v) is 9.17. The van der Waals surface area contributed by atoms with Gasteiger partial charge < -0.3 is 20.3 Å². The number of benzene rings is 1. The van der Waals surface area contributed by atoms with E-state index in [1.165, 1.54) is 5.56 Å². The normalized spacial score (nSPS) is 23.9. The minimum atomic E-state index is -0.202. The van der Waals surface area contributed by atoms with Crippen molar-refractivity contribution < 1.29 is 9.53 Å². The summed E-state index contributed by atoms with van der Waals surface area (Å²) in [5.74, 6) is 1.43. The molecular formula is C19H28N4O2. The highest BCUT2D eigenvalue weighted by Gasteiger charge is 2.39. The monoisotopic (exact) mass is 344 g/mol. The van der Waals surface area contributed by atoms with Crippen molar-refractivity contribution >= 4 is 12.1 Å². The van der Waals surface area contributed by atoms with E-state index in [0.29, 0.717) is 24.6 Å². The maximum atomic E-state index is 11.8. The van der Waals surface area contributed by atoms with E-state index in [0.717, 1.165) is 38.3 Å². The van der Waals surface area contributed by atoms with Crippen LogP contribution in [0.4, 0.5) is 4.79 Å². The molecule has 2 atom stereocenters. The van der Waals surface area contributed by atoms with Gasteiger partial charge in [0.15, 0.2) is 5.96 Å². The van der Waals surface area contributed by atoms with Gasteiger partial charge in [0.25, 0.3) is 0 Å². The summed E-state index contributed by atoms with van der Waals surface area (Å²) in [5, 5.41) is 7.02. The maximum absolute atomic E-state index is 11.8. The highest BCUT2D eigenvalue weighted by atomic mass is 16.6. The molecule has 0 radical (unpaired) electrons. The number of hydrogen-bond donors (Lipinski definition) is 2. The Kier molecular flexibility index (Phi) is 5.79. The standard InChI is InChI=1S/C19H28N4O2/c1-3-25-19(24)23-11-9-15(10-12-23)21-18(20-2)22-17-13-16(17)14-7-5-4-6-8-14/h4-8,15-17H,3,9-13H2,1-2H3,(H2,20,21,22). The number of carbonyl (C=O) groups excluding carboxylic acids is 1. The zero-order valence-corrected chi connectivity index (χ0v) is 15.1. The average molecular weight is 344 g/mol. The lowest BCUT2D eigenvalue weighted by atomic mass is 10.1. The summed E-state index contributed by atoms with van der Waals surface area (Å²) in [7, 11) is 1.81. The Labute approximate surface area is 149 Å². The lowest BCUT2D eigenvalue weighted by molar-refractivity contribution is 0.0963. The van der Waals surface area contributed by atoms with E-state index in [1.54, 1.807) is 4.90 Å². The van der Waals surface area contributed by atoms with Gasteiger partial charge in [-0.3, -0.25) is 4.99 Å². The van der Waals surface area contributed by atoms with Gasteiger partial charge in [0.1, 0.15) is 0 Å². The van der Waals surface area contributed by atoms with Gasteiger partial charge in [-0.1, -0.05) is 30.3 Å². The smallest absolute Gasteiger partial charge is 0.409 e. The highest BCUT2D eigenvalue weighted by molar-refractivity contribution is 5.81. The number of nitrogens with zero attached hydrogens (tertiary/aromatic N) is 2. The van der Waals surface area contributed by atoms with E-state index in [-0.39, 0.29) is 6.09 Å². The zero-order valence-electron chi connectivity index (χ0n) is 15.1. The fourth-order valence-electron chi connectivity index (χ4n) is 3.38. The quantitative estimate of drug-likeness (QED) is 0.650. The van der Waals surface area contributed by atoms with Gasteiger partial charge in [-0.25, -0.2) is 4.79 Å². The molecule has 0 bridgehead atoms. The number of likely N-dealkylation sites (tertiary alicyclic amines) is 1. The molecule has 2 fully saturated rings. The molecule has 2 N–H and O–H groups in total. The number of rotatable bonds is 4. The molecule has 1 aromatic carbocycles. The van der Waals surface area contributed by atoms with Crippen molar-refractivity contribution in [3.05, 3.63) is 35.9 Å². The molecule has 136 valence electrons. The second kappa shape index (κ2) is 8.23. The molecule has 2 aliphatic rings. The van der Waals surface area contributed by atoms with Crippen LogP contribution < -0.4 is 10.6 Å². The number of carbonyl (C=O) groups is 1. The molecule has 1 saturated heterocycles. The van der Waals surface area contributed by atoms with E-state index in [2.05, 4.69) is 46.0 Å². The topological polar surface area (TPSA) is 66.0 Å². The van der Waals surface area contributed by atoms with Gasteiger partial charge in [-0.2, -0.15) is 0 Å². The fraction of sp³-hybridized carbons (Fsp3) is 0.579. The van der Waals surface area contributed by atoms with Crippen LogP contribution in [-0.4, -0.2) is 55.8 Å². The molecule has 6 heteroatoms. The van der Waals surface area contributed by atoms with Crippen LogP contribution in [0.15, 0.2) is 35.3 Å². The molecule has 1 saturated carbocycles. The summed E-state index contributed by atoms with van der Waals surface area (Å²) in [6.45, 7) is 3.72. The molecule has 1 aliphatic carbocycles. The van der Waals surface area contributed by atoms with Crippen molar-refractivity contribution in [3.63, 3.8) is 0 Å². The number of guanidine groups is 1. The van der Waals surface area contributed by atoms with E-state index >= 15 is 0 Å². The summed E-state index contributed by atoms with van der Waals surface area (Å²) in [6.07, 6.45) is 2.76. The Balaban J connectivity index is 1.43. The first-order valence-electron chi connectivity index (χ1n) is 9.17. The zero-order chi connectivity index (χ0) is 17.6. The van der Waals surface area contributed by atoms with Gasteiger partial charge in [-0.05, 0) is 31.7 Å². The van der Waals surface area contributed by atoms with Crippen LogP contribution in [0.3, 0.4) is 0 Å². The SMILES string of the molecule is CCOC(=O)N1CCC(NC(=NC)NC2CC2c2ccccc2)CC1. The Morgan fingerprint density at radius 2 is 1.96 bits per heavy atom. The summed E-state index contributed by atoms with van der Waals surface area (Å²) in [4.78, 5) is 17.9. The predicted octanol–water partition coefficient (Wildman–Crippen LogP) is 2.33. The lowest BCUT2D eigenvalue weighted by Crippen LogP contribution is -2.50. The third-order valence-electron chi connectivity index (χ3n) is 4.93. The van der Waals surface area contributed by atoms with Crippen molar-refractivity contribution in [1.82, 2.24) is 15.5 Å². The largest absolute Gasteiger partial charge is 0.450 e. The predicted molar refractivity (Wildman–Crippen MR) is 98.8 cm³/mol. The molecule has 0 spiro atoms. The van der Waals surface area contributed by atoms with Gasteiger partial charge in [0.2, 0.25) is 0 Å². The number of ether oxygens (including phenoxy) is 1. The Morgan fingerprint density at radius 1 is 1.24 bits per heavy atom. The highest BCUT2D eigenvalue weighted by Crippen LogP contribution is 2.40. The van der Waals surface area contributed by atoms with Crippen LogP contribution in [0.2, 0.25) is 0 Å². The van der Waals surface area contributed by atoms with E-state index in [4.69, 9.17) is 4.74 Å². The van der Waals surface area contributed by atoms with Gasteiger partial charge in [0.05, 0.1) is 6.61 Å². The fourth-order valence-corrected chi connectivity index (χ4v) is 3.38. The second-order valence-corrected chi connectivity index (χ2v) is 6.68. The molecule has 25 heavy (non-hydrogen) atoms. The maximum Gasteiger partial charge on any atom is 0.409 e. The van der Waals surface area contributed by atoms with Gasteiger partial charge in [0, 0.05) is 38.1 Å². The van der Waals surface area contributed by atoms with Crippen LogP contribution >= 0.6 is 0 Å². The molecule has 1 aliphatic heterocycles. The van der Waals surface area contributed by atoms with Crippen molar-refractivity contribution in [2.45, 2.75) is 44.2 Å². The summed E-state index contributed by atoms with van der Waals surface area (Å²) >= 11 is 0. The summed E-state index contributed by atoms with van der Waals surface area (Å²) in [6, 6.07) is 11.4. The Morgan fingerprint density at radius 3 is 2.60 bits per heavy atom. The van der Waals surface area contributed by atoms with E-state index < -0.39 is 0 Å². The van der Waals surface area contributed by atoms with Crippen molar-refractivity contribution in [3.8, 4) is 0 Å². The number of nitrogens with one attached hydrogen (secondary N) is 2. The van der Waals surface area contributed by atoms with Crippen LogP contribution in [0, 0.1) is 0 Å². The molecule has 6 nitrogen and oxygen atoms in total. The van der Waals surface area contributed by atoms with Crippen molar-refractivity contribution in [2.75, 3.05) is 26.7 Å². The van der Waals surface area contributed by atoms with Crippen molar-refractivity contribution in [1.29, 1.82) is 0 Å². The number of piperidine rings is 1. The summed E-state index contributed by atoms with van der Waals surface area (Å²) in [5.41, 5.74) is 1.39. The Bertz CT molecular complexity index is 597. The first-order chi connectivity index (χ1) is 12.2. The van der Waals surface area contributed by atoms with Crippen LogP contribution in [0.25, 0.3) is 0 Å². The second-order valence-electron chi connectivity index (χ2n) is 6.68. The molecule has 3 rings (SSSR count). The molecular weight excluding hydrogens is 316 g/mol. The van der Waals surface area contributed by atoms with E-state index in [9.17, 15) is 4.79 Å². The molecule has 1 amide bonds. The van der Waals surface area contributed by atoms with Crippen LogP contribution in [0.1, 0.15) is 37.7 Å². The minimum absolute atomic E-state index is 0.202. The third kappa shape index (κ3) is 4.65.